The average molecular weight is 596 g/mol. The molecule has 4 aromatic rings. The van der Waals surface area contributed by atoms with Gasteiger partial charge in [-0.1, -0.05) is 18.2 Å². The summed E-state index contributed by atoms with van der Waals surface area (Å²) in [5, 5.41) is 0.307. The Morgan fingerprint density at radius 2 is 2.00 bits per heavy atom. The number of aryl methyl sites for hydroxylation is 1. The fourth-order valence-corrected chi connectivity index (χ4v) is 6.19. The number of para-hydroxylation sites is 1. The molecule has 12 nitrogen and oxygen atoms in total. The fourth-order valence-electron chi connectivity index (χ4n) is 4.95. The summed E-state index contributed by atoms with van der Waals surface area (Å²) >= 11 is 1.24. The van der Waals surface area contributed by atoms with Gasteiger partial charge >= 0.3 is 5.69 Å². The zero-order valence-corrected chi connectivity index (χ0v) is 24.8. The van der Waals surface area contributed by atoms with Crippen LogP contribution in [0.2, 0.25) is 0 Å². The second-order valence-electron chi connectivity index (χ2n) is 10.1. The van der Waals surface area contributed by atoms with Crippen LogP contribution in [0, 0.1) is 6.92 Å². The van der Waals surface area contributed by atoms with Crippen molar-refractivity contribution in [2.45, 2.75) is 45.1 Å². The molecule has 222 valence electrons. The van der Waals surface area contributed by atoms with Crippen molar-refractivity contribution in [3.63, 3.8) is 0 Å². The number of fused-ring (bicyclic) bond motifs is 1. The SMILES string of the molecule is COc1ccccc1C(Cn1c(=O)n(CC(=O)N=CN(C)C)c(=O)c2c(C)c(-c3ncco3)sc21)OC1CCOCC1. The van der Waals surface area contributed by atoms with Gasteiger partial charge in [0.25, 0.3) is 11.5 Å². The Morgan fingerprint density at radius 1 is 1.24 bits per heavy atom. The topological polar surface area (TPSA) is 130 Å². The molecule has 1 saturated heterocycles. The maximum absolute atomic E-state index is 14.1. The van der Waals surface area contributed by atoms with E-state index in [4.69, 9.17) is 18.6 Å². The molecule has 5 rings (SSSR count). The van der Waals surface area contributed by atoms with E-state index in [9.17, 15) is 14.4 Å². The molecule has 0 N–H and O–H groups in total. The van der Waals surface area contributed by atoms with Crippen LogP contribution in [0.1, 0.15) is 30.1 Å². The van der Waals surface area contributed by atoms with Crippen molar-refractivity contribution >= 4 is 33.8 Å². The molecule has 0 aliphatic carbocycles. The highest BCUT2D eigenvalue weighted by atomic mass is 32.1. The van der Waals surface area contributed by atoms with Gasteiger partial charge in [-0.05, 0) is 31.4 Å². The van der Waals surface area contributed by atoms with Crippen molar-refractivity contribution in [3.05, 3.63) is 68.7 Å². The van der Waals surface area contributed by atoms with E-state index in [2.05, 4.69) is 9.98 Å². The molecule has 3 aromatic heterocycles. The second kappa shape index (κ2) is 12.8. The van der Waals surface area contributed by atoms with E-state index in [-0.39, 0.29) is 12.6 Å². The molecule has 1 aliphatic heterocycles. The van der Waals surface area contributed by atoms with Gasteiger partial charge in [-0.25, -0.2) is 14.8 Å². The number of rotatable bonds is 10. The van der Waals surface area contributed by atoms with Crippen molar-refractivity contribution in [2.24, 2.45) is 4.99 Å². The first-order valence-electron chi connectivity index (χ1n) is 13.5. The highest BCUT2D eigenvalue weighted by molar-refractivity contribution is 7.22. The van der Waals surface area contributed by atoms with E-state index in [1.54, 1.807) is 33.0 Å². The van der Waals surface area contributed by atoms with Crippen LogP contribution < -0.4 is 16.0 Å². The quantitative estimate of drug-likeness (QED) is 0.200. The Hall–Kier alpha value is -4.07. The van der Waals surface area contributed by atoms with Crippen LogP contribution in [0.25, 0.3) is 21.0 Å². The van der Waals surface area contributed by atoms with Crippen molar-refractivity contribution in [3.8, 4) is 16.5 Å². The first-order chi connectivity index (χ1) is 20.3. The van der Waals surface area contributed by atoms with Crippen LogP contribution in [-0.2, 0) is 27.4 Å². The van der Waals surface area contributed by atoms with Crippen molar-refractivity contribution in [1.82, 2.24) is 19.0 Å². The van der Waals surface area contributed by atoms with Gasteiger partial charge in [-0.3, -0.25) is 18.7 Å². The van der Waals surface area contributed by atoms with Gasteiger partial charge in [-0.15, -0.1) is 11.3 Å². The second-order valence-corrected chi connectivity index (χ2v) is 11.1. The molecule has 1 amide bonds. The standard InChI is InChI=1S/C29H33N5O7S/c1-18-24-27(36)33(16-23(35)31-17-32(2)3)29(37)34(28(24)42-25(18)26-30-11-14-40-26)15-22(41-19-9-12-39-13-10-19)20-7-5-6-8-21(20)38-4/h5-8,11,14,17,19,22H,9-10,12-13,15-16H2,1-4H3. The van der Waals surface area contributed by atoms with Gasteiger partial charge < -0.3 is 23.5 Å². The molecule has 4 heterocycles. The third-order valence-electron chi connectivity index (χ3n) is 7.01. The zero-order chi connectivity index (χ0) is 29.8. The molecule has 0 spiro atoms. The van der Waals surface area contributed by atoms with Gasteiger partial charge in [0.1, 0.15) is 29.5 Å². The molecule has 1 aromatic carbocycles. The Bertz CT molecular complexity index is 1700. The summed E-state index contributed by atoms with van der Waals surface area (Å²) in [5.41, 5.74) is 0.146. The van der Waals surface area contributed by atoms with Gasteiger partial charge in [0, 0.05) is 32.9 Å². The number of hydrogen-bond donors (Lipinski definition) is 0. The number of carbonyl (C=O) groups excluding carboxylic acids is 1. The lowest BCUT2D eigenvalue weighted by Gasteiger charge is -2.29. The van der Waals surface area contributed by atoms with Crippen LogP contribution in [-0.4, -0.2) is 71.8 Å². The molecule has 1 unspecified atom stereocenters. The number of oxazole rings is 1. The molecule has 1 fully saturated rings. The molecule has 0 radical (unpaired) electrons. The fraction of sp³-hybridized carbons (Fsp3) is 0.414. The lowest BCUT2D eigenvalue weighted by atomic mass is 10.1. The number of aromatic nitrogens is 3. The summed E-state index contributed by atoms with van der Waals surface area (Å²) in [6.45, 7) is 2.49. The summed E-state index contributed by atoms with van der Waals surface area (Å²) in [7, 11) is 5.02. The van der Waals surface area contributed by atoms with E-state index in [1.807, 2.05) is 24.3 Å². The lowest BCUT2D eigenvalue weighted by molar-refractivity contribution is -0.118. The maximum Gasteiger partial charge on any atom is 0.332 e. The number of carbonyl (C=O) groups is 1. The Labute approximate surface area is 245 Å². The lowest BCUT2D eigenvalue weighted by Crippen LogP contribution is -2.42. The molecule has 1 atom stereocenters. The van der Waals surface area contributed by atoms with Crippen LogP contribution >= 0.6 is 11.3 Å². The van der Waals surface area contributed by atoms with Gasteiger partial charge in [-0.2, -0.15) is 0 Å². The summed E-state index contributed by atoms with van der Waals surface area (Å²) < 4.78 is 25.8. The Balaban J connectivity index is 1.68. The predicted molar refractivity (Wildman–Crippen MR) is 158 cm³/mol. The number of thiophene rings is 1. The van der Waals surface area contributed by atoms with Crippen molar-refractivity contribution < 1.29 is 23.4 Å². The number of ether oxygens (including phenoxy) is 3. The number of benzene rings is 1. The van der Waals surface area contributed by atoms with Crippen LogP contribution in [0.15, 0.2) is 55.7 Å². The number of hydrogen-bond acceptors (Lipinski definition) is 9. The van der Waals surface area contributed by atoms with Gasteiger partial charge in [0.15, 0.2) is 0 Å². The molecular weight excluding hydrogens is 562 g/mol. The number of amides is 1. The first kappa shape index (κ1) is 29.4. The van der Waals surface area contributed by atoms with E-state index < -0.39 is 29.8 Å². The summed E-state index contributed by atoms with van der Waals surface area (Å²) in [5.74, 6) is 0.322. The van der Waals surface area contributed by atoms with Crippen molar-refractivity contribution in [1.29, 1.82) is 0 Å². The van der Waals surface area contributed by atoms with E-state index in [1.165, 1.54) is 34.7 Å². The molecule has 13 heteroatoms. The minimum absolute atomic E-state index is 0.0630. The maximum atomic E-state index is 14.1. The number of nitrogens with zero attached hydrogens (tertiary/aromatic N) is 5. The molecular formula is C29H33N5O7S. The molecule has 0 saturated carbocycles. The van der Waals surface area contributed by atoms with E-state index >= 15 is 0 Å². The largest absolute Gasteiger partial charge is 0.496 e. The average Bonchev–Trinajstić information content (AvgIpc) is 3.64. The van der Waals surface area contributed by atoms with Gasteiger partial charge in [0.2, 0.25) is 5.89 Å². The molecule has 0 bridgehead atoms. The highest BCUT2D eigenvalue weighted by Gasteiger charge is 2.28. The zero-order valence-electron chi connectivity index (χ0n) is 23.9. The predicted octanol–water partition coefficient (Wildman–Crippen LogP) is 3.25. The van der Waals surface area contributed by atoms with Crippen molar-refractivity contribution in [2.75, 3.05) is 34.4 Å². The molecule has 1 aliphatic rings. The molecule has 42 heavy (non-hydrogen) atoms. The Morgan fingerprint density at radius 3 is 2.69 bits per heavy atom. The normalized spacial score (nSPS) is 15.0. The summed E-state index contributed by atoms with van der Waals surface area (Å²) in [6, 6.07) is 7.49. The number of methoxy groups -OCH3 is 1. The van der Waals surface area contributed by atoms with Gasteiger partial charge in [0.05, 0.1) is 42.6 Å². The van der Waals surface area contributed by atoms with Crippen LogP contribution in [0.4, 0.5) is 0 Å². The minimum Gasteiger partial charge on any atom is -0.496 e. The third kappa shape index (κ3) is 6.08. The summed E-state index contributed by atoms with van der Waals surface area (Å²) in [4.78, 5) is 51.4. The van der Waals surface area contributed by atoms with Crippen LogP contribution in [0.3, 0.4) is 0 Å². The first-order valence-corrected chi connectivity index (χ1v) is 14.4. The monoisotopic (exact) mass is 595 g/mol. The third-order valence-corrected chi connectivity index (χ3v) is 8.31. The number of aliphatic imine (C=N–C) groups is 1. The van der Waals surface area contributed by atoms with E-state index in [0.29, 0.717) is 58.4 Å². The Kier molecular flexibility index (Phi) is 9.00. The summed E-state index contributed by atoms with van der Waals surface area (Å²) in [6.07, 6.45) is 5.02. The highest BCUT2D eigenvalue weighted by Crippen LogP contribution is 2.37. The smallest absolute Gasteiger partial charge is 0.332 e. The minimum atomic E-state index is -0.642. The van der Waals surface area contributed by atoms with Crippen LogP contribution in [0.5, 0.6) is 5.75 Å². The van der Waals surface area contributed by atoms with E-state index in [0.717, 1.165) is 10.1 Å².